The molecule has 0 fully saturated rings. The van der Waals surface area contributed by atoms with Crippen LogP contribution in [0.5, 0.6) is 5.75 Å². The van der Waals surface area contributed by atoms with E-state index >= 15 is 0 Å². The Labute approximate surface area is 157 Å². The molecule has 0 atom stereocenters. The van der Waals surface area contributed by atoms with Crippen molar-refractivity contribution < 1.29 is 27.8 Å². The second-order valence-corrected chi connectivity index (χ2v) is 5.69. The van der Waals surface area contributed by atoms with E-state index in [4.69, 9.17) is 21.4 Å². The van der Waals surface area contributed by atoms with Gasteiger partial charge >= 0.3 is 12.1 Å². The van der Waals surface area contributed by atoms with Gasteiger partial charge in [0.25, 0.3) is 0 Å². The number of carboxylic acid groups (broad SMARTS) is 1. The van der Waals surface area contributed by atoms with Crippen LogP contribution in [0.2, 0.25) is 5.02 Å². The molecule has 1 heterocycles. The van der Waals surface area contributed by atoms with Crippen molar-refractivity contribution in [1.82, 2.24) is 4.98 Å². The molecule has 140 valence electrons. The first-order valence-corrected chi connectivity index (χ1v) is 7.88. The van der Waals surface area contributed by atoms with Crippen molar-refractivity contribution in [3.05, 3.63) is 58.4 Å². The molecule has 0 radical (unpaired) electrons. The number of carbonyl (C=O) groups is 1. The zero-order chi connectivity index (χ0) is 20.0. The number of nitrogens with zero attached hydrogens (tertiary/aromatic N) is 2. The number of rotatable bonds is 6. The van der Waals surface area contributed by atoms with Gasteiger partial charge in [-0.25, -0.2) is 0 Å². The van der Waals surface area contributed by atoms with Crippen molar-refractivity contribution in [1.29, 1.82) is 5.26 Å². The fraction of sp³-hybridized carbons (Fsp3) is 0.167. The van der Waals surface area contributed by atoms with Crippen LogP contribution in [0.4, 0.5) is 13.2 Å². The van der Waals surface area contributed by atoms with Gasteiger partial charge in [0.2, 0.25) is 0 Å². The van der Waals surface area contributed by atoms with Crippen molar-refractivity contribution >= 4 is 29.2 Å². The molecule has 0 aliphatic carbocycles. The van der Waals surface area contributed by atoms with E-state index in [-0.39, 0.29) is 29.3 Å². The highest BCUT2D eigenvalue weighted by Gasteiger charge is 2.31. The maximum Gasteiger partial charge on any atom is 0.417 e. The summed E-state index contributed by atoms with van der Waals surface area (Å²) in [5.74, 6) is -0.535. The third-order valence-electron chi connectivity index (χ3n) is 3.32. The minimum Gasteiger partial charge on any atom is -0.493 e. The molecular weight excluding hydrogens is 385 g/mol. The maximum atomic E-state index is 12.7. The summed E-state index contributed by atoms with van der Waals surface area (Å²) in [7, 11) is 0. The first-order chi connectivity index (χ1) is 12.7. The standard InChI is InChI=1S/C18H12ClF3N2O3/c19-15-8-13(18(20,21)22)10-24-17(15)12(9-23)7-11-1-3-14(4-2-11)27-6-5-16(25)26/h1-4,7-8,10H,5-6H2,(H,25,26)/b12-7-. The number of allylic oxidation sites excluding steroid dienone is 1. The van der Waals surface area contributed by atoms with E-state index in [1.54, 1.807) is 24.3 Å². The predicted molar refractivity (Wildman–Crippen MR) is 91.9 cm³/mol. The van der Waals surface area contributed by atoms with E-state index in [0.717, 1.165) is 0 Å². The quantitative estimate of drug-likeness (QED) is 0.717. The second-order valence-electron chi connectivity index (χ2n) is 5.28. The predicted octanol–water partition coefficient (Wildman–Crippen LogP) is 4.67. The minimum atomic E-state index is -4.58. The van der Waals surface area contributed by atoms with Gasteiger partial charge in [-0.2, -0.15) is 18.4 Å². The number of ether oxygens (including phenoxy) is 1. The van der Waals surface area contributed by atoms with E-state index in [1.165, 1.54) is 6.08 Å². The summed E-state index contributed by atoms with van der Waals surface area (Å²) in [6.07, 6.45) is -2.69. The number of pyridine rings is 1. The van der Waals surface area contributed by atoms with Crippen LogP contribution in [0.3, 0.4) is 0 Å². The number of carboxylic acids is 1. The van der Waals surface area contributed by atoms with Crippen LogP contribution >= 0.6 is 11.6 Å². The minimum absolute atomic E-state index is 0.00623. The van der Waals surface area contributed by atoms with Gasteiger partial charge in [0.15, 0.2) is 0 Å². The Bertz CT molecular complexity index is 904. The van der Waals surface area contributed by atoms with Gasteiger partial charge in [-0.05, 0) is 29.8 Å². The third-order valence-corrected chi connectivity index (χ3v) is 3.61. The fourth-order valence-electron chi connectivity index (χ4n) is 2.03. The number of benzene rings is 1. The molecule has 0 saturated carbocycles. The molecule has 5 nitrogen and oxygen atoms in total. The number of alkyl halides is 3. The summed E-state index contributed by atoms with van der Waals surface area (Å²) >= 11 is 5.86. The Morgan fingerprint density at radius 3 is 2.52 bits per heavy atom. The van der Waals surface area contributed by atoms with E-state index in [1.807, 2.05) is 6.07 Å². The van der Waals surface area contributed by atoms with E-state index < -0.39 is 17.7 Å². The summed E-state index contributed by atoms with van der Waals surface area (Å²) in [6.45, 7) is 0.0129. The van der Waals surface area contributed by atoms with E-state index in [9.17, 15) is 23.2 Å². The lowest BCUT2D eigenvalue weighted by atomic mass is 10.1. The van der Waals surface area contributed by atoms with Crippen LogP contribution in [-0.2, 0) is 11.0 Å². The lowest BCUT2D eigenvalue weighted by molar-refractivity contribution is -0.138. The van der Waals surface area contributed by atoms with Gasteiger partial charge in [0.1, 0.15) is 11.8 Å². The van der Waals surface area contributed by atoms with Crippen LogP contribution in [0.15, 0.2) is 36.5 Å². The van der Waals surface area contributed by atoms with Gasteiger partial charge in [0, 0.05) is 6.20 Å². The number of halogens is 4. The van der Waals surface area contributed by atoms with Crippen LogP contribution < -0.4 is 4.74 Å². The molecule has 0 saturated heterocycles. The summed E-state index contributed by atoms with van der Waals surface area (Å²) < 4.78 is 43.3. The van der Waals surface area contributed by atoms with Crippen molar-refractivity contribution in [2.75, 3.05) is 6.61 Å². The highest BCUT2D eigenvalue weighted by molar-refractivity contribution is 6.32. The van der Waals surface area contributed by atoms with E-state index in [2.05, 4.69) is 4.98 Å². The lowest BCUT2D eigenvalue weighted by Gasteiger charge is -2.09. The fourth-order valence-corrected chi connectivity index (χ4v) is 2.30. The number of aromatic nitrogens is 1. The zero-order valence-electron chi connectivity index (χ0n) is 13.6. The molecule has 1 aromatic carbocycles. The molecule has 27 heavy (non-hydrogen) atoms. The Morgan fingerprint density at radius 2 is 2.00 bits per heavy atom. The van der Waals surface area contributed by atoms with Crippen LogP contribution in [-0.4, -0.2) is 22.7 Å². The van der Waals surface area contributed by atoms with Crippen molar-refractivity contribution in [3.8, 4) is 11.8 Å². The Kier molecular flexibility index (Phi) is 6.42. The van der Waals surface area contributed by atoms with Gasteiger partial charge in [-0.3, -0.25) is 9.78 Å². The van der Waals surface area contributed by atoms with Crippen molar-refractivity contribution in [3.63, 3.8) is 0 Å². The molecule has 1 N–H and O–H groups in total. The normalized spacial score (nSPS) is 11.7. The molecule has 0 spiro atoms. The molecule has 9 heteroatoms. The number of aliphatic carboxylic acids is 1. The summed E-state index contributed by atoms with van der Waals surface area (Å²) in [4.78, 5) is 14.1. The number of hydrogen-bond donors (Lipinski definition) is 1. The average molecular weight is 397 g/mol. The summed E-state index contributed by atoms with van der Waals surface area (Å²) in [5.41, 5.74) is -0.506. The van der Waals surface area contributed by atoms with Crippen LogP contribution in [0.25, 0.3) is 11.6 Å². The van der Waals surface area contributed by atoms with Gasteiger partial charge in [-0.1, -0.05) is 23.7 Å². The monoisotopic (exact) mass is 396 g/mol. The first kappa shape index (κ1) is 20.3. The molecule has 2 rings (SSSR count). The smallest absolute Gasteiger partial charge is 0.417 e. The molecule has 1 aromatic heterocycles. The number of hydrogen-bond acceptors (Lipinski definition) is 4. The molecule has 0 bridgehead atoms. The molecule has 0 amide bonds. The maximum absolute atomic E-state index is 12.7. The zero-order valence-corrected chi connectivity index (χ0v) is 14.4. The third kappa shape index (κ3) is 5.72. The first-order valence-electron chi connectivity index (χ1n) is 7.50. The highest BCUT2D eigenvalue weighted by atomic mass is 35.5. The molecule has 0 unspecified atom stereocenters. The summed E-state index contributed by atoms with van der Waals surface area (Å²) in [5, 5.41) is 17.6. The van der Waals surface area contributed by atoms with Gasteiger partial charge in [0.05, 0.1) is 34.9 Å². The Hall–Kier alpha value is -3.05. The molecule has 0 aliphatic rings. The largest absolute Gasteiger partial charge is 0.493 e. The van der Waals surface area contributed by atoms with Crippen LogP contribution in [0.1, 0.15) is 23.2 Å². The highest BCUT2D eigenvalue weighted by Crippen LogP contribution is 2.33. The Balaban J connectivity index is 2.21. The Morgan fingerprint density at radius 1 is 1.33 bits per heavy atom. The van der Waals surface area contributed by atoms with E-state index in [0.29, 0.717) is 23.6 Å². The lowest BCUT2D eigenvalue weighted by Crippen LogP contribution is -2.06. The molecular formula is C18H12ClF3N2O3. The summed E-state index contributed by atoms with van der Waals surface area (Å²) in [6, 6.07) is 8.93. The van der Waals surface area contributed by atoms with Crippen molar-refractivity contribution in [2.24, 2.45) is 0 Å². The average Bonchev–Trinajstić information content (AvgIpc) is 2.60. The molecule has 0 aliphatic heterocycles. The second kappa shape index (κ2) is 8.56. The topological polar surface area (TPSA) is 83.2 Å². The SMILES string of the molecule is N#C/C(=C/c1ccc(OCCC(=O)O)cc1)c1ncc(C(F)(F)F)cc1Cl. The van der Waals surface area contributed by atoms with Gasteiger partial charge < -0.3 is 9.84 Å². The molecule has 2 aromatic rings. The van der Waals surface area contributed by atoms with Gasteiger partial charge in [-0.15, -0.1) is 0 Å². The van der Waals surface area contributed by atoms with Crippen molar-refractivity contribution in [2.45, 2.75) is 12.6 Å². The number of nitriles is 1. The van der Waals surface area contributed by atoms with Crippen LogP contribution in [0, 0.1) is 11.3 Å².